The van der Waals surface area contributed by atoms with Crippen molar-refractivity contribution in [2.45, 2.75) is 19.3 Å². The van der Waals surface area contributed by atoms with Gasteiger partial charge in [0.15, 0.2) is 0 Å². The zero-order valence-corrected chi connectivity index (χ0v) is 12.9. The van der Waals surface area contributed by atoms with Crippen LogP contribution in [0.2, 0.25) is 0 Å². The first-order chi connectivity index (χ1) is 10.7. The molecule has 1 aliphatic heterocycles. The van der Waals surface area contributed by atoms with Gasteiger partial charge in [0.1, 0.15) is 0 Å². The standard InChI is InChI=1S/C21H19N/c1-15-11-13-16(14-12-15)21(2)17-7-3-5-9-19(17)22-20-10-6-4-8-18(20)21/h3-14,22H,1-2H3. The SMILES string of the molecule is Cc1ccc(C2(C)c3ccccc3Nc3ccccc32)cc1. The molecular formula is C21H19N. The fourth-order valence-electron chi connectivity index (χ4n) is 3.54. The van der Waals surface area contributed by atoms with Crippen LogP contribution in [0.25, 0.3) is 0 Å². The summed E-state index contributed by atoms with van der Waals surface area (Å²) < 4.78 is 0. The minimum atomic E-state index is -0.133. The third kappa shape index (κ3) is 1.79. The predicted molar refractivity (Wildman–Crippen MR) is 92.9 cm³/mol. The summed E-state index contributed by atoms with van der Waals surface area (Å²) in [5.74, 6) is 0. The molecule has 1 nitrogen and oxygen atoms in total. The molecule has 4 rings (SSSR count). The van der Waals surface area contributed by atoms with Crippen molar-refractivity contribution in [3.05, 3.63) is 95.1 Å². The first-order valence-electron chi connectivity index (χ1n) is 7.73. The Bertz CT molecular complexity index is 785. The molecular weight excluding hydrogens is 266 g/mol. The fourth-order valence-corrected chi connectivity index (χ4v) is 3.54. The number of rotatable bonds is 1. The third-order valence-electron chi connectivity index (χ3n) is 4.83. The van der Waals surface area contributed by atoms with E-state index in [1.54, 1.807) is 0 Å². The Morgan fingerprint density at radius 3 is 1.73 bits per heavy atom. The van der Waals surface area contributed by atoms with Gasteiger partial charge in [-0.2, -0.15) is 0 Å². The van der Waals surface area contributed by atoms with Crippen molar-refractivity contribution in [1.29, 1.82) is 0 Å². The van der Waals surface area contributed by atoms with Crippen molar-refractivity contribution in [3.63, 3.8) is 0 Å². The van der Waals surface area contributed by atoms with Crippen molar-refractivity contribution in [2.24, 2.45) is 0 Å². The number of aryl methyl sites for hydroxylation is 1. The highest BCUT2D eigenvalue weighted by Crippen LogP contribution is 2.49. The van der Waals surface area contributed by atoms with Gasteiger partial charge in [-0.15, -0.1) is 0 Å². The summed E-state index contributed by atoms with van der Waals surface area (Å²) in [6.45, 7) is 4.46. The highest BCUT2D eigenvalue weighted by atomic mass is 14.9. The van der Waals surface area contributed by atoms with Crippen molar-refractivity contribution < 1.29 is 0 Å². The molecule has 3 aromatic rings. The topological polar surface area (TPSA) is 12.0 Å². The van der Waals surface area contributed by atoms with Gasteiger partial charge in [0.25, 0.3) is 0 Å². The van der Waals surface area contributed by atoms with Crippen LogP contribution in [-0.4, -0.2) is 0 Å². The van der Waals surface area contributed by atoms with Crippen LogP contribution in [0.4, 0.5) is 11.4 Å². The second-order valence-corrected chi connectivity index (χ2v) is 6.21. The Balaban J connectivity index is 2.03. The average molecular weight is 285 g/mol. The van der Waals surface area contributed by atoms with Crippen molar-refractivity contribution in [2.75, 3.05) is 5.32 Å². The third-order valence-corrected chi connectivity index (χ3v) is 4.83. The largest absolute Gasteiger partial charge is 0.355 e. The van der Waals surface area contributed by atoms with Gasteiger partial charge in [0.2, 0.25) is 0 Å². The monoisotopic (exact) mass is 285 g/mol. The van der Waals surface area contributed by atoms with E-state index < -0.39 is 0 Å². The lowest BCUT2D eigenvalue weighted by atomic mass is 9.68. The summed E-state index contributed by atoms with van der Waals surface area (Å²) in [4.78, 5) is 0. The minimum Gasteiger partial charge on any atom is -0.355 e. The molecule has 0 saturated carbocycles. The van der Waals surface area contributed by atoms with Crippen molar-refractivity contribution in [3.8, 4) is 0 Å². The molecule has 1 heteroatoms. The molecule has 108 valence electrons. The van der Waals surface area contributed by atoms with E-state index in [4.69, 9.17) is 0 Å². The summed E-state index contributed by atoms with van der Waals surface area (Å²) in [6.07, 6.45) is 0. The lowest BCUT2D eigenvalue weighted by Crippen LogP contribution is -2.30. The van der Waals surface area contributed by atoms with E-state index in [9.17, 15) is 0 Å². The van der Waals surface area contributed by atoms with Crippen LogP contribution in [0.3, 0.4) is 0 Å². The Morgan fingerprint density at radius 2 is 1.18 bits per heavy atom. The molecule has 0 saturated heterocycles. The van der Waals surface area contributed by atoms with Crippen LogP contribution in [0.15, 0.2) is 72.8 Å². The van der Waals surface area contributed by atoms with Crippen LogP contribution in [0, 0.1) is 6.92 Å². The smallest absolute Gasteiger partial charge is 0.0464 e. The normalized spacial score (nSPS) is 14.6. The molecule has 0 radical (unpaired) electrons. The van der Waals surface area contributed by atoms with Gasteiger partial charge in [-0.3, -0.25) is 0 Å². The minimum absolute atomic E-state index is 0.133. The number of benzene rings is 3. The van der Waals surface area contributed by atoms with E-state index in [0.717, 1.165) is 0 Å². The quantitative estimate of drug-likeness (QED) is 0.630. The molecule has 1 heterocycles. The van der Waals surface area contributed by atoms with E-state index in [2.05, 4.69) is 92.0 Å². The predicted octanol–water partition coefficient (Wildman–Crippen LogP) is 5.41. The van der Waals surface area contributed by atoms with Crippen LogP contribution in [-0.2, 0) is 5.41 Å². The van der Waals surface area contributed by atoms with Gasteiger partial charge in [0.05, 0.1) is 0 Å². The van der Waals surface area contributed by atoms with Crippen molar-refractivity contribution in [1.82, 2.24) is 0 Å². The maximum Gasteiger partial charge on any atom is 0.0464 e. The zero-order chi connectivity index (χ0) is 15.2. The van der Waals surface area contributed by atoms with Gasteiger partial charge >= 0.3 is 0 Å². The van der Waals surface area contributed by atoms with Gasteiger partial charge in [0, 0.05) is 16.8 Å². The molecule has 1 N–H and O–H groups in total. The molecule has 0 aromatic heterocycles. The first-order valence-corrected chi connectivity index (χ1v) is 7.73. The van der Waals surface area contributed by atoms with E-state index >= 15 is 0 Å². The summed E-state index contributed by atoms with van der Waals surface area (Å²) in [7, 11) is 0. The molecule has 0 unspecified atom stereocenters. The zero-order valence-electron chi connectivity index (χ0n) is 12.9. The van der Waals surface area contributed by atoms with Crippen LogP contribution in [0.1, 0.15) is 29.2 Å². The number of nitrogens with one attached hydrogen (secondary N) is 1. The number of hydrogen-bond acceptors (Lipinski definition) is 1. The first kappa shape index (κ1) is 13.1. The Hall–Kier alpha value is -2.54. The molecule has 3 aromatic carbocycles. The lowest BCUT2D eigenvalue weighted by Gasteiger charge is -2.39. The van der Waals surface area contributed by atoms with Gasteiger partial charge in [-0.1, -0.05) is 66.2 Å². The number of para-hydroxylation sites is 2. The second kappa shape index (κ2) is 4.74. The van der Waals surface area contributed by atoms with Gasteiger partial charge in [-0.05, 0) is 42.7 Å². The van der Waals surface area contributed by atoms with E-state index in [1.165, 1.54) is 33.6 Å². The molecule has 0 spiro atoms. The maximum atomic E-state index is 3.58. The number of anilines is 2. The molecule has 1 aliphatic rings. The van der Waals surface area contributed by atoms with Crippen LogP contribution < -0.4 is 5.32 Å². The summed E-state index contributed by atoms with van der Waals surface area (Å²) >= 11 is 0. The Morgan fingerprint density at radius 1 is 0.682 bits per heavy atom. The van der Waals surface area contributed by atoms with E-state index in [-0.39, 0.29) is 5.41 Å². The highest BCUT2D eigenvalue weighted by molar-refractivity contribution is 5.78. The average Bonchev–Trinajstić information content (AvgIpc) is 2.56. The van der Waals surface area contributed by atoms with Crippen molar-refractivity contribution >= 4 is 11.4 Å². The maximum absolute atomic E-state index is 3.58. The summed E-state index contributed by atoms with van der Waals surface area (Å²) in [5.41, 5.74) is 7.55. The molecule has 0 aliphatic carbocycles. The van der Waals surface area contributed by atoms with E-state index in [1.807, 2.05) is 0 Å². The number of hydrogen-bond donors (Lipinski definition) is 1. The second-order valence-electron chi connectivity index (χ2n) is 6.21. The molecule has 0 atom stereocenters. The Labute approximate surface area is 131 Å². The summed E-state index contributed by atoms with van der Waals surface area (Å²) in [6, 6.07) is 26.2. The Kier molecular flexibility index (Phi) is 2.83. The lowest BCUT2D eigenvalue weighted by molar-refractivity contribution is 0.689. The molecule has 0 amide bonds. The fraction of sp³-hybridized carbons (Fsp3) is 0.143. The molecule has 0 fully saturated rings. The van der Waals surface area contributed by atoms with E-state index in [0.29, 0.717) is 0 Å². The van der Waals surface area contributed by atoms with Crippen LogP contribution in [0.5, 0.6) is 0 Å². The van der Waals surface area contributed by atoms with Gasteiger partial charge in [-0.25, -0.2) is 0 Å². The van der Waals surface area contributed by atoms with Crippen LogP contribution >= 0.6 is 0 Å². The summed E-state index contributed by atoms with van der Waals surface area (Å²) in [5, 5.41) is 3.58. The molecule has 0 bridgehead atoms. The number of fused-ring (bicyclic) bond motifs is 2. The highest BCUT2D eigenvalue weighted by Gasteiger charge is 2.37. The van der Waals surface area contributed by atoms with Gasteiger partial charge < -0.3 is 5.32 Å². The molecule has 22 heavy (non-hydrogen) atoms.